The maximum Gasteiger partial charge on any atom is 0.332 e. The molecule has 0 aliphatic rings. The second-order valence-corrected chi connectivity index (χ2v) is 5.96. The van der Waals surface area contributed by atoms with Crippen LogP contribution in [0.25, 0.3) is 21.5 Å². The van der Waals surface area contributed by atoms with E-state index in [-0.39, 0.29) is 0 Å². The summed E-state index contributed by atoms with van der Waals surface area (Å²) in [7, 11) is 0. The molecule has 4 heteroatoms. The monoisotopic (exact) mass is 340 g/mol. The van der Waals surface area contributed by atoms with Crippen LogP contribution in [0.4, 0.5) is 16.2 Å². The normalized spacial score (nSPS) is 10.6. The van der Waals surface area contributed by atoms with Crippen LogP contribution in [0.1, 0.15) is 0 Å². The Balaban J connectivity index is 1.67. The van der Waals surface area contributed by atoms with Crippen LogP contribution in [0, 0.1) is 0 Å². The number of hydrogen-bond acceptors (Lipinski definition) is 2. The molecule has 0 radical (unpaired) electrons. The van der Waals surface area contributed by atoms with Crippen molar-refractivity contribution in [3.63, 3.8) is 0 Å². The first-order chi connectivity index (χ1) is 12.8. The maximum absolute atomic E-state index is 12.7. The Hall–Kier alpha value is -3.66. The molecule has 4 aromatic carbocycles. The van der Waals surface area contributed by atoms with Gasteiger partial charge in [0.25, 0.3) is 0 Å². The first-order valence-corrected chi connectivity index (χ1v) is 8.28. The number of benzene rings is 4. The molecule has 0 heterocycles. The molecule has 0 fully saturated rings. The van der Waals surface area contributed by atoms with Crippen LogP contribution in [0.2, 0.25) is 0 Å². The minimum Gasteiger partial charge on any atom is -0.307 e. The summed E-state index contributed by atoms with van der Waals surface area (Å²) in [6.07, 6.45) is 0.532. The molecule has 0 atom stereocenters. The van der Waals surface area contributed by atoms with Crippen LogP contribution in [0.5, 0.6) is 0 Å². The van der Waals surface area contributed by atoms with Crippen molar-refractivity contribution in [2.45, 2.75) is 0 Å². The Morgan fingerprint density at radius 3 is 2.27 bits per heavy atom. The van der Waals surface area contributed by atoms with Gasteiger partial charge in [-0.25, -0.2) is 9.69 Å². The predicted molar refractivity (Wildman–Crippen MR) is 105 cm³/mol. The predicted octanol–water partition coefficient (Wildman–Crippen LogP) is 5.19. The highest BCUT2D eigenvalue weighted by atomic mass is 16.2. The third-order valence-electron chi connectivity index (χ3n) is 4.37. The molecule has 1 N–H and O–H groups in total. The van der Waals surface area contributed by atoms with E-state index in [0.29, 0.717) is 17.8 Å². The number of nitrogens with zero attached hydrogens (tertiary/aromatic N) is 1. The zero-order chi connectivity index (χ0) is 17.9. The standard InChI is InChI=1S/C22H16N2O2/c25-15-24(19-13-12-16-6-1-2-8-18(16)14-19)22(26)23-21-11-5-9-17-7-3-4-10-20(17)21/h1-15H,(H,23,26). The van der Waals surface area contributed by atoms with Gasteiger partial charge >= 0.3 is 6.03 Å². The summed E-state index contributed by atoms with van der Waals surface area (Å²) in [6.45, 7) is 0. The molecule has 26 heavy (non-hydrogen) atoms. The topological polar surface area (TPSA) is 49.4 Å². The Morgan fingerprint density at radius 2 is 1.46 bits per heavy atom. The molecule has 0 saturated heterocycles. The van der Waals surface area contributed by atoms with Crippen LogP contribution in [-0.2, 0) is 4.79 Å². The fourth-order valence-corrected chi connectivity index (χ4v) is 3.06. The summed E-state index contributed by atoms with van der Waals surface area (Å²) in [5.74, 6) is 0. The minimum absolute atomic E-state index is 0.494. The number of anilines is 2. The highest BCUT2D eigenvalue weighted by Crippen LogP contribution is 2.25. The van der Waals surface area contributed by atoms with E-state index in [2.05, 4.69) is 5.32 Å². The van der Waals surface area contributed by atoms with Gasteiger partial charge in [-0.1, -0.05) is 66.7 Å². The minimum atomic E-state index is -0.494. The second-order valence-electron chi connectivity index (χ2n) is 5.96. The van der Waals surface area contributed by atoms with E-state index in [1.54, 1.807) is 6.07 Å². The lowest BCUT2D eigenvalue weighted by Crippen LogP contribution is -2.33. The molecule has 0 saturated carbocycles. The van der Waals surface area contributed by atoms with Crippen LogP contribution < -0.4 is 10.2 Å². The first kappa shape index (κ1) is 15.8. The average molecular weight is 340 g/mol. The van der Waals surface area contributed by atoms with E-state index in [1.807, 2.05) is 78.9 Å². The summed E-state index contributed by atoms with van der Waals surface area (Å²) >= 11 is 0. The van der Waals surface area contributed by atoms with Gasteiger partial charge in [0.05, 0.1) is 11.4 Å². The van der Waals surface area contributed by atoms with E-state index in [1.165, 1.54) is 0 Å². The molecule has 0 bridgehead atoms. The second kappa shape index (κ2) is 6.69. The van der Waals surface area contributed by atoms with Crippen molar-refractivity contribution in [3.05, 3.63) is 84.9 Å². The van der Waals surface area contributed by atoms with Gasteiger partial charge in [-0.3, -0.25) is 4.79 Å². The molecule has 126 valence electrons. The number of rotatable bonds is 3. The lowest BCUT2D eigenvalue weighted by molar-refractivity contribution is -0.106. The molecule has 0 aromatic heterocycles. The molecule has 4 nitrogen and oxygen atoms in total. The summed E-state index contributed by atoms with van der Waals surface area (Å²) in [5, 5.41) is 6.80. The van der Waals surface area contributed by atoms with E-state index >= 15 is 0 Å². The smallest absolute Gasteiger partial charge is 0.307 e. The largest absolute Gasteiger partial charge is 0.332 e. The van der Waals surface area contributed by atoms with Gasteiger partial charge in [-0.2, -0.15) is 0 Å². The van der Waals surface area contributed by atoms with Gasteiger partial charge in [-0.05, 0) is 34.4 Å². The van der Waals surface area contributed by atoms with Crippen molar-refractivity contribution in [2.75, 3.05) is 10.2 Å². The molecule has 4 aromatic rings. The van der Waals surface area contributed by atoms with Gasteiger partial charge in [0.2, 0.25) is 6.41 Å². The van der Waals surface area contributed by atoms with E-state index < -0.39 is 6.03 Å². The zero-order valence-corrected chi connectivity index (χ0v) is 13.9. The zero-order valence-electron chi connectivity index (χ0n) is 13.9. The lowest BCUT2D eigenvalue weighted by Gasteiger charge is -2.18. The van der Waals surface area contributed by atoms with Gasteiger partial charge in [0, 0.05) is 5.39 Å². The third kappa shape index (κ3) is 2.89. The van der Waals surface area contributed by atoms with Gasteiger partial charge in [0.15, 0.2) is 0 Å². The van der Waals surface area contributed by atoms with Crippen molar-refractivity contribution in [1.82, 2.24) is 0 Å². The number of carbonyl (C=O) groups excluding carboxylic acids is 2. The van der Waals surface area contributed by atoms with E-state index in [9.17, 15) is 9.59 Å². The van der Waals surface area contributed by atoms with Crippen molar-refractivity contribution in [2.24, 2.45) is 0 Å². The molecular formula is C22H16N2O2. The molecule has 4 rings (SSSR count). The Kier molecular flexibility index (Phi) is 4.07. The SMILES string of the molecule is O=CN(C(=O)Nc1cccc2ccccc12)c1ccc2ccccc2c1. The number of carbonyl (C=O) groups is 2. The first-order valence-electron chi connectivity index (χ1n) is 8.28. The number of nitrogens with one attached hydrogen (secondary N) is 1. The summed E-state index contributed by atoms with van der Waals surface area (Å²) in [5.41, 5.74) is 1.19. The number of urea groups is 1. The summed E-state index contributed by atoms with van der Waals surface area (Å²) in [4.78, 5) is 25.4. The van der Waals surface area contributed by atoms with Crippen LogP contribution >= 0.6 is 0 Å². The number of fused-ring (bicyclic) bond motifs is 2. The lowest BCUT2D eigenvalue weighted by atomic mass is 10.1. The van der Waals surface area contributed by atoms with Crippen molar-refractivity contribution in [1.29, 1.82) is 0 Å². The van der Waals surface area contributed by atoms with E-state index in [0.717, 1.165) is 26.4 Å². The maximum atomic E-state index is 12.7. The van der Waals surface area contributed by atoms with Crippen molar-refractivity contribution >= 4 is 45.4 Å². The van der Waals surface area contributed by atoms with Crippen molar-refractivity contribution in [3.8, 4) is 0 Å². The molecule has 0 spiro atoms. The van der Waals surface area contributed by atoms with Gasteiger partial charge in [-0.15, -0.1) is 0 Å². The highest BCUT2D eigenvalue weighted by Gasteiger charge is 2.16. The van der Waals surface area contributed by atoms with Gasteiger partial charge in [0.1, 0.15) is 0 Å². The molecule has 0 aliphatic carbocycles. The fourth-order valence-electron chi connectivity index (χ4n) is 3.06. The number of imide groups is 1. The van der Waals surface area contributed by atoms with Crippen LogP contribution in [0.15, 0.2) is 84.9 Å². The van der Waals surface area contributed by atoms with Crippen LogP contribution in [0.3, 0.4) is 0 Å². The van der Waals surface area contributed by atoms with E-state index in [4.69, 9.17) is 0 Å². The molecule has 0 aliphatic heterocycles. The fraction of sp³-hybridized carbons (Fsp3) is 0. The molecule has 0 unspecified atom stereocenters. The Bertz CT molecular complexity index is 1120. The summed E-state index contributed by atoms with van der Waals surface area (Å²) < 4.78 is 0. The van der Waals surface area contributed by atoms with Crippen molar-refractivity contribution < 1.29 is 9.59 Å². The Labute approximate surface area is 150 Å². The number of hydrogen-bond donors (Lipinski definition) is 1. The molecule has 3 amide bonds. The average Bonchev–Trinajstić information content (AvgIpc) is 2.69. The Morgan fingerprint density at radius 1 is 0.769 bits per heavy atom. The number of amides is 3. The van der Waals surface area contributed by atoms with Crippen LogP contribution in [-0.4, -0.2) is 12.4 Å². The molecular weight excluding hydrogens is 324 g/mol. The highest BCUT2D eigenvalue weighted by molar-refractivity contribution is 6.15. The summed E-state index contributed by atoms with van der Waals surface area (Å²) in [6, 6.07) is 26.3. The third-order valence-corrected chi connectivity index (χ3v) is 4.37. The van der Waals surface area contributed by atoms with Gasteiger partial charge < -0.3 is 5.32 Å². The quantitative estimate of drug-likeness (QED) is 0.522.